The summed E-state index contributed by atoms with van der Waals surface area (Å²) in [7, 11) is 2.19. The van der Waals surface area contributed by atoms with Crippen LogP contribution >= 0.6 is 0 Å². The van der Waals surface area contributed by atoms with E-state index in [2.05, 4.69) is 36.4 Å². The molecular formula is C16H19OS+. The molecule has 2 heteroatoms. The zero-order chi connectivity index (χ0) is 12.4. The molecule has 1 aliphatic heterocycles. The van der Waals surface area contributed by atoms with Crippen LogP contribution in [0.4, 0.5) is 0 Å². The van der Waals surface area contributed by atoms with Gasteiger partial charge < -0.3 is 4.74 Å². The van der Waals surface area contributed by atoms with Crippen LogP contribution in [0.3, 0.4) is 0 Å². The maximum atomic E-state index is 5.46. The van der Waals surface area contributed by atoms with Crippen LogP contribution in [0.1, 0.15) is 19.3 Å². The highest BCUT2D eigenvalue weighted by Gasteiger charge is 2.27. The third-order valence-electron chi connectivity index (χ3n) is 3.63. The molecule has 3 rings (SSSR count). The zero-order valence-corrected chi connectivity index (χ0v) is 11.6. The maximum absolute atomic E-state index is 5.46. The van der Waals surface area contributed by atoms with Gasteiger partial charge in [0.2, 0.25) is 0 Å². The summed E-state index contributed by atoms with van der Waals surface area (Å²) in [6.07, 6.45) is 4.18. The lowest BCUT2D eigenvalue weighted by Crippen LogP contribution is -2.18. The number of benzene rings is 2. The van der Waals surface area contributed by atoms with Gasteiger partial charge in [0, 0.05) is 22.3 Å². The smallest absolute Gasteiger partial charge is 0.166 e. The molecule has 0 N–H and O–H groups in total. The molecule has 0 unspecified atom stereocenters. The summed E-state index contributed by atoms with van der Waals surface area (Å²) in [6, 6.07) is 13.1. The number of fused-ring (bicyclic) bond motifs is 1. The van der Waals surface area contributed by atoms with Crippen LogP contribution in [0.5, 0.6) is 5.75 Å². The summed E-state index contributed by atoms with van der Waals surface area (Å²) >= 11 is 0. The minimum Gasteiger partial charge on any atom is -0.497 e. The monoisotopic (exact) mass is 259 g/mol. The second-order valence-corrected chi connectivity index (χ2v) is 7.05. The fraction of sp³-hybridized carbons (Fsp3) is 0.375. The Morgan fingerprint density at radius 2 is 1.78 bits per heavy atom. The summed E-state index contributed by atoms with van der Waals surface area (Å²) < 4.78 is 5.46. The number of methoxy groups -OCH3 is 1. The topological polar surface area (TPSA) is 9.23 Å². The first kappa shape index (κ1) is 11.9. The van der Waals surface area contributed by atoms with Crippen LogP contribution in [0.15, 0.2) is 41.3 Å². The van der Waals surface area contributed by atoms with E-state index >= 15 is 0 Å². The molecule has 1 aliphatic rings. The molecular weight excluding hydrogens is 240 g/mol. The van der Waals surface area contributed by atoms with Gasteiger partial charge in [0.1, 0.15) is 17.3 Å². The van der Waals surface area contributed by atoms with Crippen LogP contribution in [-0.2, 0) is 10.9 Å². The van der Waals surface area contributed by atoms with Crippen LogP contribution in [0, 0.1) is 0 Å². The predicted molar refractivity (Wildman–Crippen MR) is 79.7 cm³/mol. The zero-order valence-electron chi connectivity index (χ0n) is 10.8. The lowest BCUT2D eigenvalue weighted by Gasteiger charge is -2.15. The van der Waals surface area contributed by atoms with Gasteiger partial charge in [0.05, 0.1) is 7.11 Å². The molecule has 2 aromatic carbocycles. The third kappa shape index (κ3) is 2.22. The van der Waals surface area contributed by atoms with E-state index in [9.17, 15) is 0 Å². The highest BCUT2D eigenvalue weighted by atomic mass is 32.2. The van der Waals surface area contributed by atoms with Gasteiger partial charge in [-0.15, -0.1) is 0 Å². The Kier molecular flexibility index (Phi) is 3.46. The average molecular weight is 259 g/mol. The van der Waals surface area contributed by atoms with Crippen LogP contribution < -0.4 is 4.74 Å². The molecule has 0 atom stereocenters. The van der Waals surface area contributed by atoms with Gasteiger partial charge in [-0.1, -0.05) is 18.2 Å². The molecule has 0 saturated carbocycles. The van der Waals surface area contributed by atoms with Crippen molar-refractivity contribution >= 4 is 21.7 Å². The number of rotatable bonds is 2. The van der Waals surface area contributed by atoms with Crippen LogP contribution in [0.25, 0.3) is 10.8 Å². The van der Waals surface area contributed by atoms with E-state index in [4.69, 9.17) is 4.74 Å². The first-order valence-electron chi connectivity index (χ1n) is 6.63. The highest BCUT2D eigenvalue weighted by molar-refractivity contribution is 7.97. The molecule has 1 saturated heterocycles. The van der Waals surface area contributed by atoms with Crippen molar-refractivity contribution in [2.45, 2.75) is 24.2 Å². The lowest BCUT2D eigenvalue weighted by atomic mass is 10.1. The summed E-state index contributed by atoms with van der Waals surface area (Å²) in [6.45, 7) is 0. The third-order valence-corrected chi connectivity index (χ3v) is 6.15. The van der Waals surface area contributed by atoms with Crippen molar-refractivity contribution in [3.05, 3.63) is 36.4 Å². The molecule has 0 aliphatic carbocycles. The van der Waals surface area contributed by atoms with E-state index in [0.29, 0.717) is 10.9 Å². The largest absolute Gasteiger partial charge is 0.497 e. The van der Waals surface area contributed by atoms with E-state index in [0.717, 1.165) is 5.75 Å². The molecule has 1 fully saturated rings. The first-order valence-corrected chi connectivity index (χ1v) is 8.19. The van der Waals surface area contributed by atoms with E-state index < -0.39 is 0 Å². The van der Waals surface area contributed by atoms with Crippen molar-refractivity contribution in [3.8, 4) is 5.75 Å². The molecule has 0 aromatic heterocycles. The fourth-order valence-electron chi connectivity index (χ4n) is 2.66. The average Bonchev–Trinajstić information content (AvgIpc) is 2.47. The Bertz CT molecular complexity index is 544. The Labute approximate surface area is 112 Å². The predicted octanol–water partition coefficient (Wildman–Crippen LogP) is 4.01. The lowest BCUT2D eigenvalue weighted by molar-refractivity contribution is 0.414. The summed E-state index contributed by atoms with van der Waals surface area (Å²) in [4.78, 5) is 1.52. The van der Waals surface area contributed by atoms with Gasteiger partial charge >= 0.3 is 0 Å². The van der Waals surface area contributed by atoms with Gasteiger partial charge in [-0.05, 0) is 36.8 Å². The SMILES string of the molecule is COc1cc([S+]2CCCCC2)c2ccccc2c1. The molecule has 18 heavy (non-hydrogen) atoms. The Balaban J connectivity index is 2.12. The Hall–Kier alpha value is -1.15. The highest BCUT2D eigenvalue weighted by Crippen LogP contribution is 2.32. The van der Waals surface area contributed by atoms with E-state index in [1.165, 1.54) is 46.4 Å². The molecule has 0 spiro atoms. The molecule has 94 valence electrons. The second kappa shape index (κ2) is 5.23. The molecule has 2 aromatic rings. The standard InChI is InChI=1S/C16H19OS/c1-17-14-11-13-7-3-4-8-15(13)16(12-14)18-9-5-2-6-10-18/h3-4,7-8,11-12H,2,5-6,9-10H2,1H3/q+1. The second-order valence-electron chi connectivity index (χ2n) is 4.81. The minimum absolute atomic E-state index is 0.426. The van der Waals surface area contributed by atoms with Crippen molar-refractivity contribution in [3.63, 3.8) is 0 Å². The fourth-order valence-corrected chi connectivity index (χ4v) is 5.19. The van der Waals surface area contributed by atoms with Gasteiger partial charge in [-0.25, -0.2) is 0 Å². The number of hydrogen-bond donors (Lipinski definition) is 0. The quantitative estimate of drug-likeness (QED) is 0.740. The van der Waals surface area contributed by atoms with Crippen molar-refractivity contribution in [2.75, 3.05) is 18.6 Å². The van der Waals surface area contributed by atoms with E-state index in [1.54, 1.807) is 7.11 Å². The number of hydrogen-bond acceptors (Lipinski definition) is 1. The summed E-state index contributed by atoms with van der Waals surface area (Å²) in [5, 5.41) is 2.73. The van der Waals surface area contributed by atoms with E-state index in [-0.39, 0.29) is 0 Å². The molecule has 0 amide bonds. The number of ether oxygens (including phenoxy) is 1. The molecule has 1 heterocycles. The molecule has 1 nitrogen and oxygen atoms in total. The molecule has 0 bridgehead atoms. The Morgan fingerprint density at radius 3 is 2.56 bits per heavy atom. The Morgan fingerprint density at radius 1 is 1.00 bits per heavy atom. The van der Waals surface area contributed by atoms with Crippen molar-refractivity contribution in [1.82, 2.24) is 0 Å². The summed E-state index contributed by atoms with van der Waals surface area (Å²) in [5.41, 5.74) is 0. The first-order chi connectivity index (χ1) is 8.88. The van der Waals surface area contributed by atoms with Gasteiger partial charge in [-0.3, -0.25) is 0 Å². The maximum Gasteiger partial charge on any atom is 0.166 e. The van der Waals surface area contributed by atoms with Crippen LogP contribution in [-0.4, -0.2) is 18.6 Å². The van der Waals surface area contributed by atoms with Crippen molar-refractivity contribution in [1.29, 1.82) is 0 Å². The summed E-state index contributed by atoms with van der Waals surface area (Å²) in [5.74, 6) is 3.72. The van der Waals surface area contributed by atoms with Gasteiger partial charge in [0.15, 0.2) is 4.90 Å². The minimum atomic E-state index is 0.426. The van der Waals surface area contributed by atoms with E-state index in [1.807, 2.05) is 0 Å². The van der Waals surface area contributed by atoms with Gasteiger partial charge in [0.25, 0.3) is 0 Å². The van der Waals surface area contributed by atoms with Gasteiger partial charge in [-0.2, -0.15) is 0 Å². The van der Waals surface area contributed by atoms with Crippen molar-refractivity contribution < 1.29 is 4.74 Å². The normalized spacial score (nSPS) is 16.9. The molecule has 0 radical (unpaired) electrons. The van der Waals surface area contributed by atoms with Crippen molar-refractivity contribution in [2.24, 2.45) is 0 Å². The van der Waals surface area contributed by atoms with Crippen LogP contribution in [0.2, 0.25) is 0 Å².